The van der Waals surface area contributed by atoms with E-state index >= 15 is 0 Å². The molecule has 0 spiro atoms. The van der Waals surface area contributed by atoms with E-state index in [1.54, 1.807) is 0 Å². The van der Waals surface area contributed by atoms with Gasteiger partial charge in [0.1, 0.15) is 13.2 Å². The van der Waals surface area contributed by atoms with Crippen LogP contribution in [0.4, 0.5) is 5.69 Å². The fourth-order valence-electron chi connectivity index (χ4n) is 2.44. The van der Waals surface area contributed by atoms with Gasteiger partial charge in [0.15, 0.2) is 11.5 Å². The Hall–Kier alpha value is -1.46. The molecule has 18 heavy (non-hydrogen) atoms. The number of hydroxylamine groups is 2. The molecule has 0 atom stereocenters. The van der Waals surface area contributed by atoms with Gasteiger partial charge in [0, 0.05) is 26.2 Å². The van der Waals surface area contributed by atoms with Gasteiger partial charge in [0.05, 0.1) is 5.69 Å². The van der Waals surface area contributed by atoms with Crippen LogP contribution in [0.5, 0.6) is 11.5 Å². The highest BCUT2D eigenvalue weighted by molar-refractivity contribution is 5.67. The summed E-state index contributed by atoms with van der Waals surface area (Å²) in [5.74, 6) is 1.68. The van der Waals surface area contributed by atoms with Gasteiger partial charge in [-0.15, -0.1) is 0 Å². The van der Waals surface area contributed by atoms with E-state index in [2.05, 4.69) is 17.9 Å². The first-order valence-corrected chi connectivity index (χ1v) is 6.33. The second kappa shape index (κ2) is 4.66. The summed E-state index contributed by atoms with van der Waals surface area (Å²) in [5.41, 5.74) is 2.25. The number of ether oxygens (including phenoxy) is 2. The van der Waals surface area contributed by atoms with Gasteiger partial charge in [-0.2, -0.15) is 5.06 Å². The first-order valence-electron chi connectivity index (χ1n) is 6.33. The van der Waals surface area contributed by atoms with E-state index < -0.39 is 0 Å². The van der Waals surface area contributed by atoms with Crippen LogP contribution in [-0.4, -0.2) is 49.7 Å². The average molecular weight is 250 g/mol. The maximum absolute atomic E-state index is 9.42. The van der Waals surface area contributed by atoms with Gasteiger partial charge in [-0.05, 0) is 24.6 Å². The molecule has 5 heteroatoms. The van der Waals surface area contributed by atoms with Crippen molar-refractivity contribution in [3.63, 3.8) is 0 Å². The van der Waals surface area contributed by atoms with Gasteiger partial charge in [-0.3, -0.25) is 0 Å². The van der Waals surface area contributed by atoms with Crippen LogP contribution in [0.3, 0.4) is 0 Å². The Kier molecular flexibility index (Phi) is 3.01. The molecule has 0 aliphatic carbocycles. The molecule has 0 aromatic heterocycles. The highest BCUT2D eigenvalue weighted by Crippen LogP contribution is 2.41. The third-order valence-corrected chi connectivity index (χ3v) is 3.36. The molecule has 1 N–H and O–H groups in total. The van der Waals surface area contributed by atoms with E-state index in [0.717, 1.165) is 30.3 Å². The van der Waals surface area contributed by atoms with Crippen LogP contribution in [-0.2, 0) is 0 Å². The van der Waals surface area contributed by atoms with E-state index in [-0.39, 0.29) is 0 Å². The van der Waals surface area contributed by atoms with E-state index in [1.165, 1.54) is 10.6 Å². The summed E-state index contributed by atoms with van der Waals surface area (Å²) in [6.07, 6.45) is 0. The van der Waals surface area contributed by atoms with Gasteiger partial charge in [0.25, 0.3) is 0 Å². The number of rotatable bonds is 1. The van der Waals surface area contributed by atoms with Crippen LogP contribution < -0.4 is 14.4 Å². The molecule has 0 unspecified atom stereocenters. The largest absolute Gasteiger partial charge is 0.486 e. The van der Waals surface area contributed by atoms with Crippen molar-refractivity contribution in [1.29, 1.82) is 0 Å². The number of benzene rings is 1. The van der Waals surface area contributed by atoms with Crippen molar-refractivity contribution in [1.82, 2.24) is 5.06 Å². The smallest absolute Gasteiger partial charge is 0.184 e. The molecular weight excluding hydrogens is 232 g/mol. The Morgan fingerprint density at radius 2 is 1.78 bits per heavy atom. The number of aryl methyl sites for hydroxylation is 1. The molecular formula is C13H18N2O3. The minimum Gasteiger partial charge on any atom is -0.486 e. The van der Waals surface area contributed by atoms with Gasteiger partial charge >= 0.3 is 0 Å². The van der Waals surface area contributed by atoms with Crippen molar-refractivity contribution in [3.05, 3.63) is 17.7 Å². The lowest BCUT2D eigenvalue weighted by Crippen LogP contribution is -2.45. The minimum absolute atomic E-state index is 0.600. The summed E-state index contributed by atoms with van der Waals surface area (Å²) in [4.78, 5) is 2.24. The zero-order valence-corrected chi connectivity index (χ0v) is 10.6. The quantitative estimate of drug-likeness (QED) is 0.813. The Morgan fingerprint density at radius 3 is 2.56 bits per heavy atom. The molecule has 2 aliphatic heterocycles. The molecule has 0 bridgehead atoms. The summed E-state index contributed by atoms with van der Waals surface area (Å²) in [7, 11) is 0. The first-order chi connectivity index (χ1) is 8.74. The third kappa shape index (κ3) is 2.11. The molecule has 0 saturated carbocycles. The molecule has 5 nitrogen and oxygen atoms in total. The zero-order chi connectivity index (χ0) is 12.5. The Bertz CT molecular complexity index is 442. The minimum atomic E-state index is 0.600. The number of piperazine rings is 1. The van der Waals surface area contributed by atoms with Gasteiger partial charge < -0.3 is 19.6 Å². The van der Waals surface area contributed by atoms with Crippen LogP contribution in [0, 0.1) is 6.92 Å². The van der Waals surface area contributed by atoms with E-state index in [4.69, 9.17) is 9.47 Å². The van der Waals surface area contributed by atoms with Crippen molar-refractivity contribution < 1.29 is 14.7 Å². The second-order valence-electron chi connectivity index (χ2n) is 4.75. The number of anilines is 1. The van der Waals surface area contributed by atoms with Crippen molar-refractivity contribution >= 4 is 5.69 Å². The Labute approximate surface area is 106 Å². The van der Waals surface area contributed by atoms with Crippen molar-refractivity contribution in [2.75, 3.05) is 44.3 Å². The van der Waals surface area contributed by atoms with Crippen LogP contribution in [0.2, 0.25) is 0 Å². The lowest BCUT2D eigenvalue weighted by Gasteiger charge is -2.35. The molecule has 0 amide bonds. The highest BCUT2D eigenvalue weighted by Gasteiger charge is 2.23. The van der Waals surface area contributed by atoms with Crippen LogP contribution in [0.15, 0.2) is 12.1 Å². The van der Waals surface area contributed by atoms with E-state index in [0.29, 0.717) is 26.3 Å². The summed E-state index contributed by atoms with van der Waals surface area (Å²) >= 11 is 0. The topological polar surface area (TPSA) is 45.2 Å². The molecule has 1 aromatic carbocycles. The van der Waals surface area contributed by atoms with Crippen LogP contribution in [0.25, 0.3) is 0 Å². The Morgan fingerprint density at radius 1 is 1.06 bits per heavy atom. The first kappa shape index (κ1) is 11.6. The van der Waals surface area contributed by atoms with Crippen molar-refractivity contribution in [2.24, 2.45) is 0 Å². The second-order valence-corrected chi connectivity index (χ2v) is 4.75. The molecule has 1 saturated heterocycles. The zero-order valence-electron chi connectivity index (χ0n) is 10.6. The van der Waals surface area contributed by atoms with E-state index in [1.807, 2.05) is 6.07 Å². The van der Waals surface area contributed by atoms with Crippen LogP contribution in [0.1, 0.15) is 5.56 Å². The molecule has 2 heterocycles. The lowest BCUT2D eigenvalue weighted by atomic mass is 10.1. The summed E-state index contributed by atoms with van der Waals surface area (Å²) < 4.78 is 11.4. The number of hydrogen-bond donors (Lipinski definition) is 1. The molecule has 0 radical (unpaired) electrons. The van der Waals surface area contributed by atoms with E-state index in [9.17, 15) is 5.21 Å². The Balaban J connectivity index is 1.93. The molecule has 1 fully saturated rings. The fourth-order valence-corrected chi connectivity index (χ4v) is 2.44. The molecule has 3 rings (SSSR count). The van der Waals surface area contributed by atoms with Crippen molar-refractivity contribution in [2.45, 2.75) is 6.92 Å². The van der Waals surface area contributed by atoms with Crippen molar-refractivity contribution in [3.8, 4) is 11.5 Å². The number of hydrogen-bond acceptors (Lipinski definition) is 5. The van der Waals surface area contributed by atoms with Gasteiger partial charge in [0.2, 0.25) is 0 Å². The normalized spacial score (nSPS) is 20.0. The molecule has 98 valence electrons. The molecule has 1 aromatic rings. The SMILES string of the molecule is Cc1cc2c(c(N3CCN(O)CC3)c1)OCCO2. The summed E-state index contributed by atoms with van der Waals surface area (Å²) in [5, 5.41) is 10.8. The number of fused-ring (bicyclic) bond motifs is 1. The maximum Gasteiger partial charge on any atom is 0.184 e. The maximum atomic E-state index is 9.42. The van der Waals surface area contributed by atoms with Crippen LogP contribution >= 0.6 is 0 Å². The molecule has 2 aliphatic rings. The predicted molar refractivity (Wildman–Crippen MR) is 67.7 cm³/mol. The highest BCUT2D eigenvalue weighted by atomic mass is 16.6. The average Bonchev–Trinajstić information content (AvgIpc) is 2.38. The summed E-state index contributed by atoms with van der Waals surface area (Å²) in [6.45, 7) is 6.19. The van der Waals surface area contributed by atoms with Gasteiger partial charge in [-0.1, -0.05) is 0 Å². The van der Waals surface area contributed by atoms with Gasteiger partial charge in [-0.25, -0.2) is 0 Å². The lowest BCUT2D eigenvalue weighted by molar-refractivity contribution is -0.0936. The monoisotopic (exact) mass is 250 g/mol. The summed E-state index contributed by atoms with van der Waals surface area (Å²) in [6, 6.07) is 4.14. The standard InChI is InChI=1S/C13H18N2O3/c1-10-8-11(14-2-4-15(16)5-3-14)13-12(9-10)17-6-7-18-13/h8-9,16H,2-7H2,1H3. The third-order valence-electron chi connectivity index (χ3n) is 3.36. The fraction of sp³-hybridized carbons (Fsp3) is 0.538. The predicted octanol–water partition coefficient (Wildman–Crippen LogP) is 1.28. The number of nitrogens with zero attached hydrogens (tertiary/aromatic N) is 2.